The molecule has 3 aromatic carbocycles. The number of nitrogens with one attached hydrogen (secondary N) is 1. The number of nitrogens with zero attached hydrogens (tertiary/aromatic N) is 2. The van der Waals surface area contributed by atoms with E-state index in [0.29, 0.717) is 17.8 Å². The molecule has 2 amide bonds. The second kappa shape index (κ2) is 12.1. The van der Waals surface area contributed by atoms with E-state index in [1.54, 1.807) is 56.3 Å². The zero-order valence-electron chi connectivity index (χ0n) is 22.1. The number of rotatable bonds is 10. The van der Waals surface area contributed by atoms with Gasteiger partial charge >= 0.3 is 0 Å². The van der Waals surface area contributed by atoms with Gasteiger partial charge in [-0.2, -0.15) is 0 Å². The third kappa shape index (κ3) is 6.57. The molecule has 3 rings (SSSR count). The van der Waals surface area contributed by atoms with Gasteiger partial charge in [-0.15, -0.1) is 0 Å². The van der Waals surface area contributed by atoms with E-state index in [-0.39, 0.29) is 17.3 Å². The molecule has 0 aliphatic heterocycles. The largest absolute Gasteiger partial charge is 0.355 e. The Morgan fingerprint density at radius 2 is 1.46 bits per heavy atom. The molecule has 0 radical (unpaired) electrons. The minimum atomic E-state index is -4.07. The first-order valence-corrected chi connectivity index (χ1v) is 13.8. The van der Waals surface area contributed by atoms with Gasteiger partial charge in [0.1, 0.15) is 12.6 Å². The normalized spacial score (nSPS) is 12.0. The minimum absolute atomic E-state index is 0.0939. The van der Waals surface area contributed by atoms with E-state index in [1.165, 1.54) is 4.90 Å². The summed E-state index contributed by atoms with van der Waals surface area (Å²) in [7, 11) is -4.07. The predicted molar refractivity (Wildman–Crippen MR) is 147 cm³/mol. The van der Waals surface area contributed by atoms with Crippen LogP contribution < -0.4 is 9.62 Å². The van der Waals surface area contributed by atoms with Crippen molar-refractivity contribution in [2.24, 2.45) is 0 Å². The van der Waals surface area contributed by atoms with Gasteiger partial charge < -0.3 is 10.2 Å². The highest BCUT2D eigenvalue weighted by Gasteiger charge is 2.33. The van der Waals surface area contributed by atoms with E-state index < -0.39 is 28.5 Å². The van der Waals surface area contributed by atoms with Crippen LogP contribution in [-0.2, 0) is 26.2 Å². The van der Waals surface area contributed by atoms with Crippen molar-refractivity contribution in [2.75, 3.05) is 17.4 Å². The van der Waals surface area contributed by atoms with Crippen LogP contribution in [0.2, 0.25) is 0 Å². The molecule has 0 aromatic heterocycles. The fourth-order valence-corrected chi connectivity index (χ4v) is 5.55. The lowest BCUT2D eigenvalue weighted by Gasteiger charge is -2.32. The molecule has 0 spiro atoms. The molecule has 1 atom stereocenters. The molecule has 0 aliphatic carbocycles. The summed E-state index contributed by atoms with van der Waals surface area (Å²) in [6.07, 6.45) is 0. The van der Waals surface area contributed by atoms with E-state index in [9.17, 15) is 18.0 Å². The van der Waals surface area contributed by atoms with Gasteiger partial charge in [-0.1, -0.05) is 60.2 Å². The monoisotopic (exact) mass is 521 g/mol. The topological polar surface area (TPSA) is 86.8 Å². The number of hydrogen-bond donors (Lipinski definition) is 1. The van der Waals surface area contributed by atoms with E-state index in [1.807, 2.05) is 51.1 Å². The molecule has 196 valence electrons. The highest BCUT2D eigenvalue weighted by molar-refractivity contribution is 7.92. The number of carbonyl (C=O) groups excluding carboxylic acids is 2. The summed E-state index contributed by atoms with van der Waals surface area (Å²) in [6.45, 7) is 9.25. The van der Waals surface area contributed by atoms with Gasteiger partial charge in [0.05, 0.1) is 10.6 Å². The molecule has 0 fully saturated rings. The average molecular weight is 522 g/mol. The number of hydrogen-bond acceptors (Lipinski definition) is 4. The van der Waals surface area contributed by atoms with Crippen LogP contribution in [0, 0.1) is 20.8 Å². The van der Waals surface area contributed by atoms with Crippen LogP contribution in [0.3, 0.4) is 0 Å². The zero-order valence-corrected chi connectivity index (χ0v) is 22.9. The Balaban J connectivity index is 2.05. The predicted octanol–water partition coefficient (Wildman–Crippen LogP) is 4.36. The Bertz CT molecular complexity index is 1350. The first kappa shape index (κ1) is 27.9. The molecule has 0 aliphatic rings. The smallest absolute Gasteiger partial charge is 0.264 e. The number of benzene rings is 3. The lowest BCUT2D eigenvalue weighted by atomic mass is 10.1. The number of para-hydroxylation sites is 1. The van der Waals surface area contributed by atoms with Gasteiger partial charge in [0.25, 0.3) is 10.0 Å². The van der Waals surface area contributed by atoms with Crippen molar-refractivity contribution < 1.29 is 18.0 Å². The van der Waals surface area contributed by atoms with Gasteiger partial charge in [-0.3, -0.25) is 13.9 Å². The van der Waals surface area contributed by atoms with E-state index in [0.717, 1.165) is 21.0 Å². The molecule has 7 nitrogen and oxygen atoms in total. The van der Waals surface area contributed by atoms with Gasteiger partial charge in [0.15, 0.2) is 0 Å². The lowest BCUT2D eigenvalue weighted by Crippen LogP contribution is -2.51. The molecular weight excluding hydrogens is 486 g/mol. The molecule has 0 heterocycles. The quantitative estimate of drug-likeness (QED) is 0.430. The van der Waals surface area contributed by atoms with Gasteiger partial charge in [0.2, 0.25) is 11.8 Å². The summed E-state index contributed by atoms with van der Waals surface area (Å²) in [5, 5.41) is 2.77. The second-order valence-electron chi connectivity index (χ2n) is 9.13. The van der Waals surface area contributed by atoms with Crippen molar-refractivity contribution in [1.29, 1.82) is 0 Å². The first-order chi connectivity index (χ1) is 17.6. The maximum atomic E-state index is 13.9. The highest BCUT2D eigenvalue weighted by Crippen LogP contribution is 2.27. The van der Waals surface area contributed by atoms with Crippen LogP contribution in [-0.4, -0.2) is 44.3 Å². The second-order valence-corrected chi connectivity index (χ2v) is 11.0. The van der Waals surface area contributed by atoms with Crippen molar-refractivity contribution in [3.8, 4) is 0 Å². The summed E-state index contributed by atoms with van der Waals surface area (Å²) in [5.41, 5.74) is 3.92. The molecule has 1 N–H and O–H groups in total. The summed E-state index contributed by atoms with van der Waals surface area (Å²) < 4.78 is 28.8. The maximum Gasteiger partial charge on any atom is 0.264 e. The summed E-state index contributed by atoms with van der Waals surface area (Å²) in [6, 6.07) is 20.4. The van der Waals surface area contributed by atoms with Gasteiger partial charge in [-0.05, 0) is 69.5 Å². The molecule has 3 aromatic rings. The van der Waals surface area contributed by atoms with Gasteiger partial charge in [0, 0.05) is 13.1 Å². The molecule has 37 heavy (non-hydrogen) atoms. The molecule has 0 unspecified atom stereocenters. The molecular formula is C29H35N3O4S. The Labute approximate surface area is 220 Å². The van der Waals surface area contributed by atoms with Gasteiger partial charge in [-0.25, -0.2) is 8.42 Å². The summed E-state index contributed by atoms with van der Waals surface area (Å²) >= 11 is 0. The van der Waals surface area contributed by atoms with Crippen molar-refractivity contribution in [3.63, 3.8) is 0 Å². The Morgan fingerprint density at radius 3 is 2.05 bits per heavy atom. The number of likely N-dealkylation sites (N-methyl/N-ethyl adjacent to an activating group) is 1. The van der Waals surface area contributed by atoms with Crippen LogP contribution in [0.1, 0.15) is 36.1 Å². The lowest BCUT2D eigenvalue weighted by molar-refractivity contribution is -0.139. The molecule has 0 saturated heterocycles. The highest BCUT2D eigenvalue weighted by atomic mass is 32.2. The van der Waals surface area contributed by atoms with E-state index in [2.05, 4.69) is 5.32 Å². The van der Waals surface area contributed by atoms with Crippen LogP contribution >= 0.6 is 0 Å². The third-order valence-corrected chi connectivity index (χ3v) is 8.17. The van der Waals surface area contributed by atoms with Crippen molar-refractivity contribution in [3.05, 3.63) is 95.1 Å². The minimum Gasteiger partial charge on any atom is -0.355 e. The SMILES string of the molecule is CCNC(=O)[C@H](C)N(Cc1ccccc1C)C(=O)CN(c1ccccc1C)S(=O)(=O)c1ccc(C)cc1. The number of aryl methyl sites for hydroxylation is 3. The molecule has 8 heteroatoms. The Kier molecular flexibility index (Phi) is 9.10. The van der Waals surface area contributed by atoms with E-state index >= 15 is 0 Å². The number of sulfonamides is 1. The number of anilines is 1. The van der Waals surface area contributed by atoms with Crippen LogP contribution in [0.25, 0.3) is 0 Å². The van der Waals surface area contributed by atoms with Crippen LogP contribution in [0.4, 0.5) is 5.69 Å². The maximum absolute atomic E-state index is 13.9. The summed E-state index contributed by atoms with van der Waals surface area (Å²) in [4.78, 5) is 28.2. The van der Waals surface area contributed by atoms with Crippen molar-refractivity contribution in [1.82, 2.24) is 10.2 Å². The fourth-order valence-electron chi connectivity index (χ4n) is 4.07. The van der Waals surface area contributed by atoms with Crippen LogP contribution in [0.5, 0.6) is 0 Å². The van der Waals surface area contributed by atoms with Crippen molar-refractivity contribution >= 4 is 27.5 Å². The number of amides is 2. The molecule has 0 saturated carbocycles. The number of carbonyl (C=O) groups is 2. The van der Waals surface area contributed by atoms with Crippen molar-refractivity contribution in [2.45, 2.75) is 52.1 Å². The zero-order chi connectivity index (χ0) is 27.2. The summed E-state index contributed by atoms with van der Waals surface area (Å²) in [5.74, 6) is -0.769. The Morgan fingerprint density at radius 1 is 0.865 bits per heavy atom. The van der Waals surface area contributed by atoms with Crippen LogP contribution in [0.15, 0.2) is 77.7 Å². The third-order valence-electron chi connectivity index (χ3n) is 6.39. The average Bonchev–Trinajstić information content (AvgIpc) is 2.87. The standard InChI is InChI=1S/C29H35N3O4S/c1-6-30-29(34)24(5)31(19-25-13-9-7-11-22(25)3)28(33)20-32(27-14-10-8-12-23(27)4)37(35,36)26-17-15-21(2)16-18-26/h7-18,24H,6,19-20H2,1-5H3,(H,30,34)/t24-/m0/s1. The fraction of sp³-hybridized carbons (Fsp3) is 0.310. The van der Waals surface area contributed by atoms with E-state index in [4.69, 9.17) is 0 Å². The Hall–Kier alpha value is -3.65. The molecule has 0 bridgehead atoms. The first-order valence-electron chi connectivity index (χ1n) is 12.3.